The first-order chi connectivity index (χ1) is 14.2. The molecule has 0 spiro atoms. The molecule has 0 heterocycles. The summed E-state index contributed by atoms with van der Waals surface area (Å²) in [6, 6.07) is 0. The molecule has 0 aliphatic carbocycles. The van der Waals surface area contributed by atoms with Gasteiger partial charge in [-0.1, -0.05) is 20.8 Å². The Morgan fingerprint density at radius 2 is 1.44 bits per heavy atom. The first-order valence-electron chi connectivity index (χ1n) is 11.0. The van der Waals surface area contributed by atoms with Gasteiger partial charge in [-0.2, -0.15) is 0 Å². The molecule has 0 aliphatic heterocycles. The van der Waals surface area contributed by atoms with E-state index in [1.54, 1.807) is 41.5 Å². The Labute approximate surface area is 194 Å². The van der Waals surface area contributed by atoms with Crippen LogP contribution in [0, 0.1) is 0 Å². The zero-order valence-electron chi connectivity index (χ0n) is 21.9. The van der Waals surface area contributed by atoms with Gasteiger partial charge < -0.3 is 29.9 Å². The Kier molecular flexibility index (Phi) is 10.9. The molecule has 0 fully saturated rings. The summed E-state index contributed by atoms with van der Waals surface area (Å²) >= 11 is 0. The van der Waals surface area contributed by atoms with Gasteiger partial charge in [0.2, 0.25) is 0 Å². The van der Waals surface area contributed by atoms with Crippen molar-refractivity contribution in [1.82, 2.24) is 10.2 Å². The maximum Gasteiger partial charge on any atom is 0.410 e. The van der Waals surface area contributed by atoms with E-state index >= 15 is 0 Å². The number of nitrogens with one attached hydrogen (secondary N) is 1. The lowest BCUT2D eigenvalue weighted by Crippen LogP contribution is -2.53. The minimum absolute atomic E-state index is 0.0204. The van der Waals surface area contributed by atoms with Crippen LogP contribution in [-0.2, 0) is 18.7 Å². The Bertz CT molecular complexity index is 648. The molecular weight excluding hydrogens is 430 g/mol. The van der Waals surface area contributed by atoms with Crippen LogP contribution >= 0.6 is 0 Å². The van der Waals surface area contributed by atoms with Gasteiger partial charge in [0, 0.05) is 13.1 Å². The van der Waals surface area contributed by atoms with Crippen LogP contribution in [0.2, 0.25) is 18.1 Å². The van der Waals surface area contributed by atoms with Crippen molar-refractivity contribution in [2.45, 2.75) is 97.8 Å². The number of ketones is 1. The molecule has 0 unspecified atom stereocenters. The fraction of sp³-hybridized carbons (Fsp3) is 0.864. The van der Waals surface area contributed by atoms with Crippen LogP contribution in [0.25, 0.3) is 0 Å². The Morgan fingerprint density at radius 1 is 0.938 bits per heavy atom. The number of nitrogens with zero attached hydrogens (tertiary/aromatic N) is 1. The zero-order chi connectivity index (χ0) is 25.5. The largest absolute Gasteiger partial charge is 0.444 e. The topological polar surface area (TPSA) is 120 Å². The van der Waals surface area contributed by atoms with E-state index < -0.39 is 37.8 Å². The van der Waals surface area contributed by atoms with Crippen molar-refractivity contribution in [2.24, 2.45) is 5.73 Å². The number of carbonyl (C=O) groups excluding carboxylic acids is 3. The second-order valence-electron chi connectivity index (χ2n) is 11.4. The summed E-state index contributed by atoms with van der Waals surface area (Å²) in [7, 11) is -2.32. The van der Waals surface area contributed by atoms with Crippen LogP contribution in [-0.4, -0.2) is 74.7 Å². The fourth-order valence-corrected chi connectivity index (χ4v) is 3.53. The molecule has 2 amide bonds. The van der Waals surface area contributed by atoms with Crippen molar-refractivity contribution in [3.05, 3.63) is 0 Å². The molecule has 0 bridgehead atoms. The van der Waals surface area contributed by atoms with Crippen molar-refractivity contribution in [1.29, 1.82) is 0 Å². The highest BCUT2D eigenvalue weighted by Gasteiger charge is 2.41. The predicted molar refractivity (Wildman–Crippen MR) is 128 cm³/mol. The number of carbonyl (C=O) groups is 3. The summed E-state index contributed by atoms with van der Waals surface area (Å²) in [5.41, 5.74) is 4.28. The highest BCUT2D eigenvalue weighted by atomic mass is 28.4. The second-order valence-corrected chi connectivity index (χ2v) is 16.1. The van der Waals surface area contributed by atoms with E-state index in [-0.39, 0.29) is 37.0 Å². The number of hydrogen-bond acceptors (Lipinski definition) is 7. The Balaban J connectivity index is 5.53. The summed E-state index contributed by atoms with van der Waals surface area (Å²) < 4.78 is 17.0. The summed E-state index contributed by atoms with van der Waals surface area (Å²) in [6.07, 6.45) is -2.07. The maximum absolute atomic E-state index is 12.8. The fourth-order valence-electron chi connectivity index (χ4n) is 2.26. The average molecular weight is 476 g/mol. The SMILES string of the molecule is CC(C)(C)OC(=O)NCCN(C[C@H](O[Si](C)(C)C(C)(C)C)C(=O)CN)C(=O)OC(C)(C)C. The highest BCUT2D eigenvalue weighted by molar-refractivity contribution is 6.74. The molecule has 0 aromatic rings. The molecule has 0 rings (SSSR count). The molecular formula is C22H45N3O6Si. The van der Waals surface area contributed by atoms with Gasteiger partial charge in [-0.05, 0) is 59.7 Å². The van der Waals surface area contributed by atoms with Gasteiger partial charge in [0.15, 0.2) is 14.1 Å². The van der Waals surface area contributed by atoms with Gasteiger partial charge in [-0.3, -0.25) is 4.79 Å². The third kappa shape index (κ3) is 11.8. The number of ether oxygens (including phenoxy) is 2. The molecule has 3 N–H and O–H groups in total. The molecule has 0 aliphatic rings. The third-order valence-electron chi connectivity index (χ3n) is 4.89. The van der Waals surface area contributed by atoms with E-state index in [4.69, 9.17) is 19.6 Å². The smallest absolute Gasteiger partial charge is 0.410 e. The van der Waals surface area contributed by atoms with E-state index in [1.807, 2.05) is 13.1 Å². The molecule has 188 valence electrons. The van der Waals surface area contributed by atoms with E-state index in [9.17, 15) is 14.4 Å². The number of hydrogen-bond donors (Lipinski definition) is 2. The average Bonchev–Trinajstić information content (AvgIpc) is 2.54. The summed E-state index contributed by atoms with van der Waals surface area (Å²) in [4.78, 5) is 38.8. The standard InChI is InChI=1S/C22H45N3O6Si/c1-20(2,3)29-18(27)24-12-13-25(19(28)30-21(4,5)6)15-17(16(26)14-23)31-32(10,11)22(7,8)9/h17H,12-15,23H2,1-11H3,(H,24,27)/t17-/m0/s1. The van der Waals surface area contributed by atoms with Crippen molar-refractivity contribution < 1.29 is 28.3 Å². The van der Waals surface area contributed by atoms with Crippen LogP contribution in [0.1, 0.15) is 62.3 Å². The molecule has 0 aromatic heterocycles. The van der Waals surface area contributed by atoms with E-state index in [0.29, 0.717) is 0 Å². The van der Waals surface area contributed by atoms with E-state index in [1.165, 1.54) is 4.90 Å². The van der Waals surface area contributed by atoms with Gasteiger partial charge in [0.1, 0.15) is 17.3 Å². The number of rotatable bonds is 9. The minimum Gasteiger partial charge on any atom is -0.444 e. The number of Topliss-reactive ketones (excluding diaryl/α,β-unsaturated/α-hetero) is 1. The second kappa shape index (κ2) is 11.5. The van der Waals surface area contributed by atoms with Crippen molar-refractivity contribution in [2.75, 3.05) is 26.2 Å². The van der Waals surface area contributed by atoms with Gasteiger partial charge in [0.05, 0.1) is 13.1 Å². The Hall–Kier alpha value is -1.65. The van der Waals surface area contributed by atoms with Gasteiger partial charge in [-0.25, -0.2) is 9.59 Å². The van der Waals surface area contributed by atoms with Crippen molar-refractivity contribution >= 4 is 26.3 Å². The minimum atomic E-state index is -2.32. The van der Waals surface area contributed by atoms with Gasteiger partial charge in [0.25, 0.3) is 0 Å². The lowest BCUT2D eigenvalue weighted by Gasteiger charge is -2.40. The zero-order valence-corrected chi connectivity index (χ0v) is 22.9. The monoisotopic (exact) mass is 475 g/mol. The van der Waals surface area contributed by atoms with Crippen LogP contribution in [0.4, 0.5) is 9.59 Å². The van der Waals surface area contributed by atoms with E-state index in [0.717, 1.165) is 0 Å². The lowest BCUT2D eigenvalue weighted by atomic mass is 10.2. The Morgan fingerprint density at radius 3 is 1.84 bits per heavy atom. The highest BCUT2D eigenvalue weighted by Crippen LogP contribution is 2.37. The molecule has 0 aromatic carbocycles. The van der Waals surface area contributed by atoms with Gasteiger partial charge in [-0.15, -0.1) is 0 Å². The number of amides is 2. The van der Waals surface area contributed by atoms with Crippen molar-refractivity contribution in [3.8, 4) is 0 Å². The summed E-state index contributed by atoms with van der Waals surface area (Å²) in [6.45, 7) is 20.9. The maximum atomic E-state index is 12.8. The molecule has 10 heteroatoms. The van der Waals surface area contributed by atoms with E-state index in [2.05, 4.69) is 26.1 Å². The molecule has 32 heavy (non-hydrogen) atoms. The van der Waals surface area contributed by atoms with Crippen LogP contribution in [0.15, 0.2) is 0 Å². The first kappa shape index (κ1) is 30.3. The van der Waals surface area contributed by atoms with Crippen LogP contribution in [0.5, 0.6) is 0 Å². The third-order valence-corrected chi connectivity index (χ3v) is 9.38. The molecule has 9 nitrogen and oxygen atoms in total. The van der Waals surface area contributed by atoms with Gasteiger partial charge >= 0.3 is 12.2 Å². The number of alkyl carbamates (subject to hydrolysis) is 1. The normalized spacial score (nSPS) is 13.9. The quantitative estimate of drug-likeness (QED) is 0.488. The van der Waals surface area contributed by atoms with Crippen LogP contribution in [0.3, 0.4) is 0 Å². The molecule has 0 saturated heterocycles. The summed E-state index contributed by atoms with van der Waals surface area (Å²) in [5.74, 6) is -0.288. The number of nitrogens with two attached hydrogens (primary N) is 1. The summed E-state index contributed by atoms with van der Waals surface area (Å²) in [5, 5.41) is 2.49. The first-order valence-corrected chi connectivity index (χ1v) is 13.9. The van der Waals surface area contributed by atoms with Crippen molar-refractivity contribution in [3.63, 3.8) is 0 Å². The van der Waals surface area contributed by atoms with Crippen LogP contribution < -0.4 is 11.1 Å². The lowest BCUT2D eigenvalue weighted by molar-refractivity contribution is -0.125. The molecule has 0 saturated carbocycles. The predicted octanol–water partition coefficient (Wildman–Crippen LogP) is 3.67. The molecule has 0 radical (unpaired) electrons. The molecule has 1 atom stereocenters.